The fraction of sp³-hybridized carbons (Fsp3) is 0.160. The molecular weight excluding hydrogens is 529 g/mol. The minimum absolute atomic E-state index is 0.0310. The van der Waals surface area contributed by atoms with Crippen LogP contribution in [-0.4, -0.2) is 37.7 Å². The van der Waals surface area contributed by atoms with Crippen molar-refractivity contribution in [2.45, 2.75) is 17.7 Å². The summed E-state index contributed by atoms with van der Waals surface area (Å²) in [6, 6.07) is 13.9. The van der Waals surface area contributed by atoms with Crippen LogP contribution in [0.25, 0.3) is 10.9 Å². The van der Waals surface area contributed by atoms with Crippen molar-refractivity contribution in [2.75, 3.05) is 14.2 Å². The summed E-state index contributed by atoms with van der Waals surface area (Å²) in [4.78, 5) is 11.2. The lowest BCUT2D eigenvalue weighted by Crippen LogP contribution is -2.12. The number of rotatable bonds is 9. The van der Waals surface area contributed by atoms with Crippen molar-refractivity contribution in [2.24, 2.45) is 0 Å². The lowest BCUT2D eigenvalue weighted by molar-refractivity contribution is -0.136. The van der Waals surface area contributed by atoms with E-state index in [0.717, 1.165) is 3.97 Å². The first-order valence-corrected chi connectivity index (χ1v) is 12.8. The number of methoxy groups -OCH3 is 2. The highest BCUT2D eigenvalue weighted by atomic mass is 35.5. The van der Waals surface area contributed by atoms with Gasteiger partial charge in [-0.25, -0.2) is 12.4 Å². The van der Waals surface area contributed by atoms with Gasteiger partial charge in [-0.15, -0.1) is 0 Å². The quantitative estimate of drug-likeness (QED) is 0.272. The maximum atomic E-state index is 13.7. The predicted octanol–water partition coefficient (Wildman–Crippen LogP) is 6.01. The Bertz CT molecular complexity index is 1560. The standard InChI is InChI=1S/C25H21Cl2NO7S/c1-33-23-12-19-15(6-9-25(29)30)14-28(22(19)13-24(23)34-2)36(31,32)18-5-3-4-16(10-18)35-17-7-8-20(26)21(27)11-17/h3-5,7-8,10-14H,6,9H2,1-2H3,(H,29,30). The maximum absolute atomic E-state index is 13.7. The molecule has 0 unspecified atom stereocenters. The Morgan fingerprint density at radius 1 is 0.944 bits per heavy atom. The number of fused-ring (bicyclic) bond motifs is 1. The molecule has 0 spiro atoms. The van der Waals surface area contributed by atoms with Gasteiger partial charge in [-0.3, -0.25) is 4.79 Å². The van der Waals surface area contributed by atoms with E-state index in [9.17, 15) is 13.2 Å². The molecule has 4 rings (SSSR count). The molecule has 0 saturated carbocycles. The molecule has 188 valence electrons. The van der Waals surface area contributed by atoms with Crippen LogP contribution in [-0.2, 0) is 21.2 Å². The Kier molecular flexibility index (Phi) is 7.35. The number of aliphatic carboxylic acids is 1. The van der Waals surface area contributed by atoms with Crippen molar-refractivity contribution in [1.82, 2.24) is 3.97 Å². The van der Waals surface area contributed by atoms with Gasteiger partial charge in [0.05, 0.1) is 34.7 Å². The summed E-state index contributed by atoms with van der Waals surface area (Å²) in [6.45, 7) is 0. The van der Waals surface area contributed by atoms with E-state index in [1.54, 1.807) is 36.4 Å². The number of aromatic nitrogens is 1. The molecule has 4 aromatic rings. The van der Waals surface area contributed by atoms with E-state index in [0.29, 0.717) is 43.8 Å². The van der Waals surface area contributed by atoms with Crippen LogP contribution in [0.4, 0.5) is 0 Å². The van der Waals surface area contributed by atoms with Gasteiger partial charge in [-0.1, -0.05) is 29.3 Å². The van der Waals surface area contributed by atoms with Gasteiger partial charge in [0, 0.05) is 36.2 Å². The van der Waals surface area contributed by atoms with Crippen LogP contribution in [0.2, 0.25) is 10.0 Å². The highest BCUT2D eigenvalue weighted by molar-refractivity contribution is 7.90. The van der Waals surface area contributed by atoms with E-state index in [2.05, 4.69) is 0 Å². The van der Waals surface area contributed by atoms with Crippen LogP contribution < -0.4 is 14.2 Å². The molecule has 0 aliphatic rings. The third-order valence-corrected chi connectivity index (χ3v) is 7.86. The number of halogens is 2. The van der Waals surface area contributed by atoms with Gasteiger partial charge in [0.2, 0.25) is 0 Å². The fourth-order valence-electron chi connectivity index (χ4n) is 3.72. The first kappa shape index (κ1) is 25.7. The monoisotopic (exact) mass is 549 g/mol. The van der Waals surface area contributed by atoms with Crippen molar-refractivity contribution in [3.63, 3.8) is 0 Å². The summed E-state index contributed by atoms with van der Waals surface area (Å²) in [5.74, 6) is 0.399. The van der Waals surface area contributed by atoms with Crippen molar-refractivity contribution in [3.8, 4) is 23.0 Å². The van der Waals surface area contributed by atoms with Crippen LogP contribution in [0.5, 0.6) is 23.0 Å². The molecule has 0 amide bonds. The molecule has 0 aliphatic heterocycles. The van der Waals surface area contributed by atoms with Gasteiger partial charge in [0.25, 0.3) is 10.0 Å². The van der Waals surface area contributed by atoms with Gasteiger partial charge in [0.1, 0.15) is 11.5 Å². The molecule has 36 heavy (non-hydrogen) atoms. The lowest BCUT2D eigenvalue weighted by Gasteiger charge is -2.12. The highest BCUT2D eigenvalue weighted by Crippen LogP contribution is 2.37. The van der Waals surface area contributed by atoms with Gasteiger partial charge < -0.3 is 19.3 Å². The Balaban J connectivity index is 1.80. The molecule has 3 aromatic carbocycles. The summed E-state index contributed by atoms with van der Waals surface area (Å²) < 4.78 is 45.1. The number of carboxylic acid groups (broad SMARTS) is 1. The highest BCUT2D eigenvalue weighted by Gasteiger charge is 2.24. The Morgan fingerprint density at radius 2 is 1.64 bits per heavy atom. The van der Waals surface area contributed by atoms with Crippen molar-refractivity contribution in [1.29, 1.82) is 0 Å². The smallest absolute Gasteiger partial charge is 0.303 e. The number of hydrogen-bond donors (Lipinski definition) is 1. The zero-order valence-electron chi connectivity index (χ0n) is 19.2. The molecule has 0 fully saturated rings. The van der Waals surface area contributed by atoms with Crippen LogP contribution in [0.1, 0.15) is 12.0 Å². The first-order valence-electron chi connectivity index (χ1n) is 10.6. The zero-order chi connectivity index (χ0) is 26.0. The Hall–Kier alpha value is -3.40. The third kappa shape index (κ3) is 5.09. The van der Waals surface area contributed by atoms with E-state index < -0.39 is 16.0 Å². The van der Waals surface area contributed by atoms with Crippen molar-refractivity contribution >= 4 is 50.1 Å². The lowest BCUT2D eigenvalue weighted by atomic mass is 10.1. The third-order valence-electron chi connectivity index (χ3n) is 5.46. The molecule has 0 radical (unpaired) electrons. The fourth-order valence-corrected chi connectivity index (χ4v) is 5.42. The minimum Gasteiger partial charge on any atom is -0.493 e. The van der Waals surface area contributed by atoms with Crippen LogP contribution in [0.15, 0.2) is 65.7 Å². The van der Waals surface area contributed by atoms with Crippen molar-refractivity contribution in [3.05, 3.63) is 76.4 Å². The average molecular weight is 550 g/mol. The second-order valence-electron chi connectivity index (χ2n) is 7.73. The summed E-state index contributed by atoms with van der Waals surface area (Å²) in [7, 11) is -1.20. The second kappa shape index (κ2) is 10.3. The number of aryl methyl sites for hydroxylation is 1. The average Bonchev–Trinajstić information content (AvgIpc) is 3.22. The molecule has 1 N–H and O–H groups in total. The van der Waals surface area contributed by atoms with E-state index in [1.165, 1.54) is 38.6 Å². The molecule has 0 atom stereocenters. The van der Waals surface area contributed by atoms with E-state index in [-0.39, 0.29) is 23.5 Å². The van der Waals surface area contributed by atoms with Gasteiger partial charge >= 0.3 is 5.97 Å². The topological polar surface area (TPSA) is 104 Å². The van der Waals surface area contributed by atoms with Gasteiger partial charge in [-0.05, 0) is 42.3 Å². The number of hydrogen-bond acceptors (Lipinski definition) is 6. The van der Waals surface area contributed by atoms with E-state index in [4.69, 9.17) is 42.5 Å². The summed E-state index contributed by atoms with van der Waals surface area (Å²) in [5.41, 5.74) is 0.865. The molecule has 8 nitrogen and oxygen atoms in total. The molecule has 1 aromatic heterocycles. The Morgan fingerprint density at radius 3 is 2.31 bits per heavy atom. The van der Waals surface area contributed by atoms with Gasteiger partial charge in [0.15, 0.2) is 11.5 Å². The molecule has 0 bridgehead atoms. The molecule has 0 aliphatic carbocycles. The van der Waals surface area contributed by atoms with Crippen LogP contribution in [0.3, 0.4) is 0 Å². The summed E-state index contributed by atoms with van der Waals surface area (Å²) in [6.07, 6.45) is 1.39. The summed E-state index contributed by atoms with van der Waals surface area (Å²) in [5, 5.41) is 10.4. The second-order valence-corrected chi connectivity index (χ2v) is 10.4. The summed E-state index contributed by atoms with van der Waals surface area (Å²) >= 11 is 12.0. The zero-order valence-corrected chi connectivity index (χ0v) is 21.5. The Labute approximate surface area is 217 Å². The van der Waals surface area contributed by atoms with Crippen LogP contribution in [0, 0.1) is 0 Å². The number of benzene rings is 3. The van der Waals surface area contributed by atoms with E-state index >= 15 is 0 Å². The molecular formula is C25H21Cl2NO7S. The number of nitrogens with zero attached hydrogens (tertiary/aromatic N) is 1. The molecule has 0 saturated heterocycles. The predicted molar refractivity (Wildman–Crippen MR) is 137 cm³/mol. The number of carboxylic acids is 1. The number of ether oxygens (including phenoxy) is 3. The largest absolute Gasteiger partial charge is 0.493 e. The minimum atomic E-state index is -4.11. The normalized spacial score (nSPS) is 11.4. The number of carbonyl (C=O) groups is 1. The SMILES string of the molecule is COc1cc2c(CCC(=O)O)cn(S(=O)(=O)c3cccc(Oc4ccc(Cl)c(Cl)c4)c3)c2cc1OC. The first-order chi connectivity index (χ1) is 17.1. The van der Waals surface area contributed by atoms with Crippen LogP contribution >= 0.6 is 23.2 Å². The van der Waals surface area contributed by atoms with Crippen molar-refractivity contribution < 1.29 is 32.5 Å². The molecule has 11 heteroatoms. The van der Waals surface area contributed by atoms with Gasteiger partial charge in [-0.2, -0.15) is 0 Å². The maximum Gasteiger partial charge on any atom is 0.303 e. The van der Waals surface area contributed by atoms with E-state index in [1.807, 2.05) is 0 Å². The molecule has 1 heterocycles.